The first kappa shape index (κ1) is 10.4. The molecule has 90 valence electrons. The zero-order valence-corrected chi connectivity index (χ0v) is 9.27. The zero-order valence-electron chi connectivity index (χ0n) is 9.27. The van der Waals surface area contributed by atoms with Crippen molar-refractivity contribution in [3.05, 3.63) is 18.2 Å². The second kappa shape index (κ2) is 4.25. The summed E-state index contributed by atoms with van der Waals surface area (Å²) in [6, 6.07) is 5.38. The Morgan fingerprint density at radius 3 is 3.00 bits per heavy atom. The summed E-state index contributed by atoms with van der Waals surface area (Å²) in [4.78, 5) is 11.9. The van der Waals surface area contributed by atoms with E-state index in [2.05, 4.69) is 5.32 Å². The van der Waals surface area contributed by atoms with Gasteiger partial charge in [-0.05, 0) is 18.6 Å². The molecule has 0 aromatic heterocycles. The normalized spacial score (nSPS) is 21.5. The molecule has 1 saturated heterocycles. The lowest BCUT2D eigenvalue weighted by molar-refractivity contribution is -0.119. The van der Waals surface area contributed by atoms with E-state index in [-0.39, 0.29) is 18.6 Å². The smallest absolute Gasteiger partial charge is 0.231 e. The third kappa shape index (κ3) is 2.06. The van der Waals surface area contributed by atoms with Gasteiger partial charge in [-0.1, -0.05) is 0 Å². The van der Waals surface area contributed by atoms with Gasteiger partial charge in [0.1, 0.15) is 0 Å². The van der Waals surface area contributed by atoms with Gasteiger partial charge in [-0.15, -0.1) is 0 Å². The van der Waals surface area contributed by atoms with Gasteiger partial charge in [0.25, 0.3) is 0 Å². The van der Waals surface area contributed by atoms with E-state index in [1.807, 2.05) is 0 Å². The second-order valence-corrected chi connectivity index (χ2v) is 4.12. The highest BCUT2D eigenvalue weighted by molar-refractivity contribution is 5.93. The number of hydrogen-bond acceptors (Lipinski definition) is 4. The molecule has 1 amide bonds. The van der Waals surface area contributed by atoms with E-state index in [0.717, 1.165) is 12.1 Å². The molecule has 2 heterocycles. The maximum absolute atomic E-state index is 11.9. The van der Waals surface area contributed by atoms with Crippen LogP contribution >= 0.6 is 0 Å². The molecule has 0 spiro atoms. The van der Waals surface area contributed by atoms with E-state index in [0.29, 0.717) is 24.7 Å². The molecule has 0 saturated carbocycles. The summed E-state index contributed by atoms with van der Waals surface area (Å²) in [5, 5.41) is 2.86. The molecule has 0 aliphatic carbocycles. The highest BCUT2D eigenvalue weighted by atomic mass is 16.7. The van der Waals surface area contributed by atoms with Crippen LogP contribution in [0.15, 0.2) is 18.2 Å². The minimum absolute atomic E-state index is 0.00126. The first-order chi connectivity index (χ1) is 8.33. The van der Waals surface area contributed by atoms with E-state index >= 15 is 0 Å². The summed E-state index contributed by atoms with van der Waals surface area (Å²) in [7, 11) is 0. The van der Waals surface area contributed by atoms with Gasteiger partial charge in [-0.25, -0.2) is 0 Å². The summed E-state index contributed by atoms with van der Waals surface area (Å²) >= 11 is 0. The molecule has 1 unspecified atom stereocenters. The zero-order chi connectivity index (χ0) is 11.7. The van der Waals surface area contributed by atoms with Crippen LogP contribution in [0.3, 0.4) is 0 Å². The van der Waals surface area contributed by atoms with Crippen LogP contribution in [-0.2, 0) is 9.53 Å². The van der Waals surface area contributed by atoms with Gasteiger partial charge in [0.05, 0.1) is 12.5 Å². The van der Waals surface area contributed by atoms with Crippen molar-refractivity contribution in [3.63, 3.8) is 0 Å². The number of anilines is 1. The predicted octanol–water partition coefficient (Wildman–Crippen LogP) is 1.39. The van der Waals surface area contributed by atoms with Gasteiger partial charge in [0.15, 0.2) is 11.5 Å². The molecule has 1 fully saturated rings. The van der Waals surface area contributed by atoms with Crippen molar-refractivity contribution in [2.24, 2.45) is 5.92 Å². The Labute approximate surface area is 98.7 Å². The minimum Gasteiger partial charge on any atom is -0.454 e. The number of ether oxygens (including phenoxy) is 3. The van der Waals surface area contributed by atoms with E-state index in [1.165, 1.54) is 0 Å². The molecule has 1 aromatic rings. The first-order valence-corrected chi connectivity index (χ1v) is 5.61. The van der Waals surface area contributed by atoms with Crippen molar-refractivity contribution in [3.8, 4) is 11.5 Å². The van der Waals surface area contributed by atoms with Gasteiger partial charge in [0.2, 0.25) is 12.7 Å². The molecular formula is C12H13NO4. The summed E-state index contributed by atoms with van der Waals surface area (Å²) < 4.78 is 15.6. The molecule has 2 aliphatic rings. The maximum atomic E-state index is 11.9. The number of nitrogens with one attached hydrogen (secondary N) is 1. The second-order valence-electron chi connectivity index (χ2n) is 4.12. The number of rotatable bonds is 2. The molecule has 2 aliphatic heterocycles. The Kier molecular flexibility index (Phi) is 2.60. The number of benzene rings is 1. The van der Waals surface area contributed by atoms with Crippen molar-refractivity contribution in [2.75, 3.05) is 25.3 Å². The van der Waals surface area contributed by atoms with Gasteiger partial charge in [0, 0.05) is 18.4 Å². The van der Waals surface area contributed by atoms with Crippen LogP contribution in [0.25, 0.3) is 0 Å². The van der Waals surface area contributed by atoms with Crippen LogP contribution in [0.4, 0.5) is 5.69 Å². The highest BCUT2D eigenvalue weighted by Crippen LogP contribution is 2.34. The Balaban J connectivity index is 1.70. The average molecular weight is 235 g/mol. The summed E-state index contributed by atoms with van der Waals surface area (Å²) in [5.41, 5.74) is 0.728. The Morgan fingerprint density at radius 1 is 1.29 bits per heavy atom. The van der Waals surface area contributed by atoms with Crippen molar-refractivity contribution in [2.45, 2.75) is 6.42 Å². The largest absolute Gasteiger partial charge is 0.454 e. The van der Waals surface area contributed by atoms with Crippen molar-refractivity contribution in [1.82, 2.24) is 0 Å². The molecule has 5 nitrogen and oxygen atoms in total. The van der Waals surface area contributed by atoms with E-state index in [4.69, 9.17) is 14.2 Å². The first-order valence-electron chi connectivity index (χ1n) is 5.61. The van der Waals surface area contributed by atoms with Crippen LogP contribution in [0.1, 0.15) is 6.42 Å². The molecule has 1 aromatic carbocycles. The molecule has 0 bridgehead atoms. The number of carbonyl (C=O) groups is 1. The lowest BCUT2D eigenvalue weighted by Gasteiger charge is -2.09. The number of amides is 1. The molecule has 1 N–H and O–H groups in total. The van der Waals surface area contributed by atoms with Crippen LogP contribution in [0, 0.1) is 5.92 Å². The monoisotopic (exact) mass is 235 g/mol. The van der Waals surface area contributed by atoms with Crippen LogP contribution in [0.5, 0.6) is 11.5 Å². The number of hydrogen-bond donors (Lipinski definition) is 1. The Bertz CT molecular complexity index is 440. The number of fused-ring (bicyclic) bond motifs is 1. The maximum Gasteiger partial charge on any atom is 0.231 e. The predicted molar refractivity (Wildman–Crippen MR) is 60.1 cm³/mol. The molecular weight excluding hydrogens is 222 g/mol. The fourth-order valence-electron chi connectivity index (χ4n) is 1.96. The van der Waals surface area contributed by atoms with E-state index < -0.39 is 0 Å². The SMILES string of the molecule is O=C(Nc1ccc2c(c1)OCO2)C1CCOC1. The Morgan fingerprint density at radius 2 is 2.18 bits per heavy atom. The third-order valence-electron chi connectivity index (χ3n) is 2.94. The van der Waals surface area contributed by atoms with Crippen molar-refractivity contribution >= 4 is 11.6 Å². The fraction of sp³-hybridized carbons (Fsp3) is 0.417. The Hall–Kier alpha value is -1.75. The van der Waals surface area contributed by atoms with Gasteiger partial charge >= 0.3 is 0 Å². The fourth-order valence-corrected chi connectivity index (χ4v) is 1.96. The molecule has 1 atom stereocenters. The molecule has 5 heteroatoms. The lowest BCUT2D eigenvalue weighted by atomic mass is 10.1. The number of carbonyl (C=O) groups excluding carboxylic acids is 1. The third-order valence-corrected chi connectivity index (χ3v) is 2.94. The quantitative estimate of drug-likeness (QED) is 0.841. The van der Waals surface area contributed by atoms with Crippen molar-refractivity contribution < 1.29 is 19.0 Å². The van der Waals surface area contributed by atoms with Crippen LogP contribution < -0.4 is 14.8 Å². The standard InChI is InChI=1S/C12H13NO4/c14-12(8-3-4-15-6-8)13-9-1-2-10-11(5-9)17-7-16-10/h1-2,5,8H,3-4,6-7H2,(H,13,14). The van der Waals surface area contributed by atoms with Crippen molar-refractivity contribution in [1.29, 1.82) is 0 Å². The van der Waals surface area contributed by atoms with Gasteiger partial charge in [-0.3, -0.25) is 4.79 Å². The lowest BCUT2D eigenvalue weighted by Crippen LogP contribution is -2.22. The van der Waals surface area contributed by atoms with Gasteiger partial charge < -0.3 is 19.5 Å². The molecule has 3 rings (SSSR count). The van der Waals surface area contributed by atoms with E-state index in [9.17, 15) is 4.79 Å². The summed E-state index contributed by atoms with van der Waals surface area (Å²) in [5.74, 6) is 1.35. The highest BCUT2D eigenvalue weighted by Gasteiger charge is 2.24. The van der Waals surface area contributed by atoms with E-state index in [1.54, 1.807) is 18.2 Å². The topological polar surface area (TPSA) is 56.8 Å². The summed E-state index contributed by atoms with van der Waals surface area (Å²) in [6.45, 7) is 1.42. The minimum atomic E-state index is -0.0413. The molecule has 0 radical (unpaired) electrons. The van der Waals surface area contributed by atoms with Crippen LogP contribution in [0.2, 0.25) is 0 Å². The van der Waals surface area contributed by atoms with Gasteiger partial charge in [-0.2, -0.15) is 0 Å². The van der Waals surface area contributed by atoms with Crippen LogP contribution in [-0.4, -0.2) is 25.9 Å². The molecule has 17 heavy (non-hydrogen) atoms. The summed E-state index contributed by atoms with van der Waals surface area (Å²) in [6.07, 6.45) is 0.788. The average Bonchev–Trinajstić information content (AvgIpc) is 2.99.